The third kappa shape index (κ3) is 2.61. The lowest BCUT2D eigenvalue weighted by Gasteiger charge is -2.31. The predicted octanol–water partition coefficient (Wildman–Crippen LogP) is 4.40. The van der Waals surface area contributed by atoms with Gasteiger partial charge < -0.3 is 0 Å². The molecule has 1 heterocycles. The summed E-state index contributed by atoms with van der Waals surface area (Å²) < 4.78 is 2.64. The smallest absolute Gasteiger partial charge is 0.171 e. The minimum absolute atomic E-state index is 0.671. The largest absolute Gasteiger partial charge is 0.232 e. The van der Waals surface area contributed by atoms with E-state index >= 15 is 0 Å². The van der Waals surface area contributed by atoms with Gasteiger partial charge in [-0.1, -0.05) is 55.0 Å². The first-order valence-electron chi connectivity index (χ1n) is 8.65. The monoisotopic (exact) mass is 290 g/mol. The molecule has 1 aliphatic carbocycles. The Hall–Kier alpha value is -1.89. The summed E-state index contributed by atoms with van der Waals surface area (Å²) >= 11 is 0. The third-order valence-electron chi connectivity index (χ3n) is 5.38. The topological polar surface area (TPSA) is 3.01 Å². The highest BCUT2D eigenvalue weighted by atomic mass is 15.0. The van der Waals surface area contributed by atoms with E-state index < -0.39 is 0 Å². The van der Waals surface area contributed by atoms with Gasteiger partial charge in [0, 0.05) is 24.3 Å². The molecule has 1 nitrogen and oxygen atoms in total. The van der Waals surface area contributed by atoms with Crippen LogP contribution in [0.2, 0.25) is 0 Å². The maximum absolute atomic E-state index is 2.64. The van der Waals surface area contributed by atoms with Crippen LogP contribution in [0.1, 0.15) is 48.3 Å². The summed E-state index contributed by atoms with van der Waals surface area (Å²) in [5, 5.41) is 0. The first-order chi connectivity index (χ1) is 10.9. The van der Waals surface area contributed by atoms with Gasteiger partial charge in [-0.3, -0.25) is 0 Å². The number of nitrogens with zero attached hydrogens (tertiary/aromatic N) is 1. The van der Waals surface area contributed by atoms with Crippen LogP contribution in [-0.4, -0.2) is 23.4 Å². The average Bonchev–Trinajstić information content (AvgIpc) is 2.62. The second-order valence-corrected chi connectivity index (χ2v) is 6.68. The van der Waals surface area contributed by atoms with E-state index in [0.717, 1.165) is 0 Å². The van der Waals surface area contributed by atoms with Crippen molar-refractivity contribution in [1.82, 2.24) is 0 Å². The number of fused-ring (bicyclic) bond motifs is 1. The Bertz CT molecular complexity index is 671. The highest BCUT2D eigenvalue weighted by Gasteiger charge is 2.35. The molecular weight excluding hydrogens is 266 g/mol. The summed E-state index contributed by atoms with van der Waals surface area (Å²) in [6.07, 6.45) is 9.02. The number of benzene rings is 2. The van der Waals surface area contributed by atoms with Crippen molar-refractivity contribution in [2.24, 2.45) is 0 Å². The van der Waals surface area contributed by atoms with E-state index in [4.69, 9.17) is 0 Å². The molecule has 0 radical (unpaired) electrons. The fourth-order valence-corrected chi connectivity index (χ4v) is 4.24. The van der Waals surface area contributed by atoms with E-state index in [0.29, 0.717) is 12.0 Å². The summed E-state index contributed by atoms with van der Waals surface area (Å²) in [6, 6.07) is 20.7. The van der Waals surface area contributed by atoms with Gasteiger partial charge in [0.25, 0.3) is 0 Å². The molecule has 0 N–H and O–H groups in total. The third-order valence-corrected chi connectivity index (χ3v) is 5.38. The Kier molecular flexibility index (Phi) is 3.80. The molecule has 1 saturated carbocycles. The van der Waals surface area contributed by atoms with Gasteiger partial charge in [-0.15, -0.1) is 0 Å². The molecule has 0 saturated heterocycles. The Morgan fingerprint density at radius 1 is 0.818 bits per heavy atom. The Morgan fingerprint density at radius 2 is 1.59 bits per heavy atom. The van der Waals surface area contributed by atoms with Crippen LogP contribution in [0.4, 0.5) is 0 Å². The van der Waals surface area contributed by atoms with Crippen LogP contribution in [0.25, 0.3) is 0 Å². The second kappa shape index (κ2) is 6.08. The fraction of sp³-hybridized carbons (Fsp3) is 0.381. The van der Waals surface area contributed by atoms with Crippen molar-refractivity contribution < 1.29 is 4.58 Å². The lowest BCUT2D eigenvalue weighted by molar-refractivity contribution is -0.569. The molecule has 4 rings (SSSR count). The molecular formula is C21H24N+. The first kappa shape index (κ1) is 13.8. The SMILES string of the molecule is C1=[N+]([C@@H]2CCCC[C@H]2c2ccccc2)CCc2ccccc21. The standard InChI is InChI=1S/C21H24N/c1-2-9-18(10-3-1)20-12-6-7-13-21(20)22-15-14-17-8-4-5-11-19(17)16-22/h1-5,8-11,16,20-21H,6-7,12-15H2/q+1/t20-,21+/m0/s1. The van der Waals surface area contributed by atoms with Crippen LogP contribution >= 0.6 is 0 Å². The highest BCUT2D eigenvalue weighted by Crippen LogP contribution is 2.35. The predicted molar refractivity (Wildman–Crippen MR) is 91.9 cm³/mol. The average molecular weight is 290 g/mol. The maximum atomic E-state index is 2.64. The van der Waals surface area contributed by atoms with Gasteiger partial charge in [0.05, 0.1) is 0 Å². The molecule has 1 aliphatic heterocycles. The van der Waals surface area contributed by atoms with Crippen molar-refractivity contribution in [3.8, 4) is 0 Å². The van der Waals surface area contributed by atoms with E-state index in [9.17, 15) is 0 Å². The van der Waals surface area contributed by atoms with Gasteiger partial charge in [-0.05, 0) is 30.0 Å². The van der Waals surface area contributed by atoms with Gasteiger partial charge in [-0.2, -0.15) is 0 Å². The molecule has 0 bridgehead atoms. The van der Waals surface area contributed by atoms with E-state index in [2.05, 4.69) is 65.4 Å². The highest BCUT2D eigenvalue weighted by molar-refractivity contribution is 5.78. The van der Waals surface area contributed by atoms with Crippen LogP contribution in [0, 0.1) is 0 Å². The molecule has 2 atom stereocenters. The van der Waals surface area contributed by atoms with Gasteiger partial charge >= 0.3 is 0 Å². The van der Waals surface area contributed by atoms with Crippen molar-refractivity contribution >= 4 is 6.21 Å². The van der Waals surface area contributed by atoms with Crippen molar-refractivity contribution in [3.63, 3.8) is 0 Å². The second-order valence-electron chi connectivity index (χ2n) is 6.68. The van der Waals surface area contributed by atoms with Crippen LogP contribution < -0.4 is 0 Å². The van der Waals surface area contributed by atoms with Gasteiger partial charge in [0.15, 0.2) is 12.3 Å². The number of hydrogen-bond acceptors (Lipinski definition) is 0. The molecule has 0 aromatic heterocycles. The van der Waals surface area contributed by atoms with Gasteiger partial charge in [-0.25, -0.2) is 4.58 Å². The summed E-state index contributed by atoms with van der Waals surface area (Å²) in [5.74, 6) is 0.691. The Labute approximate surface area is 133 Å². The molecule has 2 aromatic rings. The first-order valence-corrected chi connectivity index (χ1v) is 8.65. The van der Waals surface area contributed by atoms with E-state index in [1.807, 2.05) is 0 Å². The summed E-state index contributed by atoms with van der Waals surface area (Å²) in [6.45, 7) is 1.17. The fourth-order valence-electron chi connectivity index (χ4n) is 4.24. The summed E-state index contributed by atoms with van der Waals surface area (Å²) in [5.41, 5.74) is 4.46. The minimum Gasteiger partial charge on any atom is -0.232 e. The summed E-state index contributed by atoms with van der Waals surface area (Å²) in [7, 11) is 0. The lowest BCUT2D eigenvalue weighted by atomic mass is 9.79. The van der Waals surface area contributed by atoms with Crippen molar-refractivity contribution in [1.29, 1.82) is 0 Å². The molecule has 1 fully saturated rings. The van der Waals surface area contributed by atoms with E-state index in [-0.39, 0.29) is 0 Å². The molecule has 22 heavy (non-hydrogen) atoms. The maximum Gasteiger partial charge on any atom is 0.171 e. The molecule has 0 unspecified atom stereocenters. The van der Waals surface area contributed by atoms with Crippen LogP contribution in [-0.2, 0) is 6.42 Å². The zero-order valence-electron chi connectivity index (χ0n) is 13.1. The number of rotatable bonds is 2. The Morgan fingerprint density at radius 3 is 2.50 bits per heavy atom. The van der Waals surface area contributed by atoms with E-state index in [1.54, 1.807) is 0 Å². The van der Waals surface area contributed by atoms with Crippen molar-refractivity contribution in [2.45, 2.75) is 44.1 Å². The molecule has 2 aliphatic rings. The molecule has 0 spiro atoms. The molecule has 1 heteroatoms. The van der Waals surface area contributed by atoms with Gasteiger partial charge in [0.1, 0.15) is 6.54 Å². The summed E-state index contributed by atoms with van der Waals surface area (Å²) in [4.78, 5) is 0. The number of hydrogen-bond donors (Lipinski definition) is 0. The zero-order valence-corrected chi connectivity index (χ0v) is 13.1. The molecule has 0 amide bonds. The normalized spacial score (nSPS) is 24.5. The van der Waals surface area contributed by atoms with Crippen LogP contribution in [0.15, 0.2) is 54.6 Å². The zero-order chi connectivity index (χ0) is 14.8. The molecule has 112 valence electrons. The lowest BCUT2D eigenvalue weighted by Crippen LogP contribution is -2.38. The minimum atomic E-state index is 0.671. The Balaban J connectivity index is 1.67. The van der Waals surface area contributed by atoms with Crippen molar-refractivity contribution in [3.05, 3.63) is 71.3 Å². The van der Waals surface area contributed by atoms with Crippen molar-refractivity contribution in [2.75, 3.05) is 6.54 Å². The van der Waals surface area contributed by atoms with Gasteiger partial charge in [0.2, 0.25) is 0 Å². The quantitative estimate of drug-likeness (QED) is 0.721. The molecule has 2 aromatic carbocycles. The van der Waals surface area contributed by atoms with Crippen LogP contribution in [0.3, 0.4) is 0 Å². The van der Waals surface area contributed by atoms with E-state index in [1.165, 1.54) is 55.3 Å². The van der Waals surface area contributed by atoms with Crippen LogP contribution in [0.5, 0.6) is 0 Å².